The van der Waals surface area contributed by atoms with Gasteiger partial charge < -0.3 is 15.2 Å². The Bertz CT molecular complexity index is 323. The second-order valence-corrected chi connectivity index (χ2v) is 3.21. The number of phenolic OH excluding ortho intramolecular Hbond substituents is 1. The molecule has 2 N–H and O–H groups in total. The highest BCUT2D eigenvalue weighted by atomic mass is 16.5. The monoisotopic (exact) mass is 179 g/mol. The molecule has 0 atom stereocenters. The van der Waals surface area contributed by atoms with Crippen LogP contribution in [0.15, 0.2) is 12.1 Å². The molecule has 1 aromatic rings. The normalized spacial score (nSPS) is 14.5. The van der Waals surface area contributed by atoms with Crippen LogP contribution in [0.2, 0.25) is 0 Å². The molecular weight excluding hydrogens is 166 g/mol. The van der Waals surface area contributed by atoms with Crippen LogP contribution in [-0.4, -0.2) is 18.8 Å². The van der Waals surface area contributed by atoms with E-state index in [1.807, 2.05) is 6.07 Å². The molecule has 0 aliphatic carbocycles. The summed E-state index contributed by atoms with van der Waals surface area (Å²) in [5, 5.41) is 12.7. The van der Waals surface area contributed by atoms with Crippen molar-refractivity contribution in [3.05, 3.63) is 17.7 Å². The van der Waals surface area contributed by atoms with Crippen molar-refractivity contribution in [2.75, 3.05) is 19.0 Å². The van der Waals surface area contributed by atoms with E-state index in [-0.39, 0.29) is 5.75 Å². The average Bonchev–Trinajstić information content (AvgIpc) is 2.17. The lowest BCUT2D eigenvalue weighted by Crippen LogP contribution is -2.11. The highest BCUT2D eigenvalue weighted by Crippen LogP contribution is 2.34. The van der Waals surface area contributed by atoms with Crippen LogP contribution in [-0.2, 0) is 6.42 Å². The Morgan fingerprint density at radius 2 is 2.31 bits per heavy atom. The molecule has 3 heteroatoms. The maximum absolute atomic E-state index is 9.50. The molecule has 13 heavy (non-hydrogen) atoms. The number of hydrogen-bond acceptors (Lipinski definition) is 3. The molecule has 0 aromatic heterocycles. The number of nitrogens with one attached hydrogen (secondary N) is 1. The Kier molecular flexibility index (Phi) is 2.00. The van der Waals surface area contributed by atoms with Gasteiger partial charge in [-0.3, -0.25) is 0 Å². The summed E-state index contributed by atoms with van der Waals surface area (Å²) in [7, 11) is 1.57. The number of benzene rings is 1. The second-order valence-electron chi connectivity index (χ2n) is 3.21. The topological polar surface area (TPSA) is 41.5 Å². The maximum atomic E-state index is 9.50. The number of phenols is 1. The van der Waals surface area contributed by atoms with E-state index in [0.717, 1.165) is 25.1 Å². The summed E-state index contributed by atoms with van der Waals surface area (Å²) in [6, 6.07) is 3.63. The van der Waals surface area contributed by atoms with Crippen molar-refractivity contribution in [3.63, 3.8) is 0 Å². The van der Waals surface area contributed by atoms with E-state index in [9.17, 15) is 5.11 Å². The van der Waals surface area contributed by atoms with Crippen molar-refractivity contribution in [2.45, 2.75) is 12.8 Å². The number of aromatic hydroxyl groups is 1. The molecular formula is C10H13NO2. The van der Waals surface area contributed by atoms with Crippen molar-refractivity contribution in [1.29, 1.82) is 0 Å². The Morgan fingerprint density at radius 1 is 1.46 bits per heavy atom. The lowest BCUT2D eigenvalue weighted by molar-refractivity contribution is 0.373. The molecule has 3 nitrogen and oxygen atoms in total. The van der Waals surface area contributed by atoms with Crippen LogP contribution in [0, 0.1) is 0 Å². The minimum absolute atomic E-state index is 0.204. The molecule has 0 radical (unpaired) electrons. The van der Waals surface area contributed by atoms with Crippen molar-refractivity contribution >= 4 is 5.69 Å². The van der Waals surface area contributed by atoms with Crippen LogP contribution in [0.1, 0.15) is 12.0 Å². The lowest BCUT2D eigenvalue weighted by atomic mass is 10.0. The van der Waals surface area contributed by atoms with Crippen molar-refractivity contribution in [3.8, 4) is 11.5 Å². The molecule has 1 heterocycles. The van der Waals surface area contributed by atoms with E-state index in [4.69, 9.17) is 4.74 Å². The molecule has 0 saturated carbocycles. The van der Waals surface area contributed by atoms with Crippen LogP contribution < -0.4 is 10.1 Å². The third kappa shape index (κ3) is 1.41. The molecule has 1 aliphatic rings. The number of rotatable bonds is 1. The fourth-order valence-electron chi connectivity index (χ4n) is 1.65. The van der Waals surface area contributed by atoms with Crippen LogP contribution in [0.5, 0.6) is 11.5 Å². The van der Waals surface area contributed by atoms with Gasteiger partial charge >= 0.3 is 0 Å². The van der Waals surface area contributed by atoms with Crippen LogP contribution in [0.3, 0.4) is 0 Å². The van der Waals surface area contributed by atoms with Gasteiger partial charge in [-0.2, -0.15) is 0 Å². The number of anilines is 1. The van der Waals surface area contributed by atoms with E-state index >= 15 is 0 Å². The maximum Gasteiger partial charge on any atom is 0.160 e. The predicted octanol–water partition coefficient (Wildman–Crippen LogP) is 1.76. The molecule has 70 valence electrons. The highest BCUT2D eigenvalue weighted by Gasteiger charge is 2.12. The fraction of sp³-hybridized carbons (Fsp3) is 0.400. The Hall–Kier alpha value is -1.38. The number of methoxy groups -OCH3 is 1. The van der Waals surface area contributed by atoms with Gasteiger partial charge in [-0.05, 0) is 24.5 Å². The van der Waals surface area contributed by atoms with E-state index in [1.54, 1.807) is 13.2 Å². The van der Waals surface area contributed by atoms with Gasteiger partial charge in [0.1, 0.15) is 0 Å². The Balaban J connectivity index is 2.44. The van der Waals surface area contributed by atoms with Crippen molar-refractivity contribution < 1.29 is 9.84 Å². The van der Waals surface area contributed by atoms with Crippen LogP contribution in [0.25, 0.3) is 0 Å². The first-order chi connectivity index (χ1) is 6.31. The fourth-order valence-corrected chi connectivity index (χ4v) is 1.65. The van der Waals surface area contributed by atoms with E-state index in [2.05, 4.69) is 5.32 Å². The molecule has 0 saturated heterocycles. The standard InChI is InChI=1S/C10H13NO2/c1-13-10-5-7-3-2-4-11-8(7)6-9(10)12/h5-6,11-12H,2-4H2,1H3. The predicted molar refractivity (Wildman–Crippen MR) is 51.5 cm³/mol. The first-order valence-electron chi connectivity index (χ1n) is 4.45. The van der Waals surface area contributed by atoms with E-state index in [1.165, 1.54) is 5.56 Å². The number of hydrogen-bond donors (Lipinski definition) is 2. The molecule has 2 rings (SSSR count). The van der Waals surface area contributed by atoms with Crippen LogP contribution in [0.4, 0.5) is 5.69 Å². The quantitative estimate of drug-likeness (QED) is 0.690. The summed E-state index contributed by atoms with van der Waals surface area (Å²) in [4.78, 5) is 0. The summed E-state index contributed by atoms with van der Waals surface area (Å²) in [5.41, 5.74) is 2.26. The third-order valence-electron chi connectivity index (χ3n) is 2.34. The summed E-state index contributed by atoms with van der Waals surface area (Å²) < 4.78 is 5.03. The molecule has 1 aliphatic heterocycles. The van der Waals surface area contributed by atoms with Gasteiger partial charge in [-0.15, -0.1) is 0 Å². The zero-order valence-corrected chi connectivity index (χ0v) is 7.63. The minimum Gasteiger partial charge on any atom is -0.504 e. The Morgan fingerprint density at radius 3 is 3.08 bits per heavy atom. The summed E-state index contributed by atoms with van der Waals surface area (Å²) >= 11 is 0. The van der Waals surface area contributed by atoms with Gasteiger partial charge in [0.25, 0.3) is 0 Å². The van der Waals surface area contributed by atoms with Gasteiger partial charge in [-0.25, -0.2) is 0 Å². The van der Waals surface area contributed by atoms with Gasteiger partial charge in [0.2, 0.25) is 0 Å². The third-order valence-corrected chi connectivity index (χ3v) is 2.34. The molecule has 1 aromatic carbocycles. The smallest absolute Gasteiger partial charge is 0.160 e. The highest BCUT2D eigenvalue weighted by molar-refractivity contribution is 5.61. The Labute approximate surface area is 77.3 Å². The van der Waals surface area contributed by atoms with Gasteiger partial charge in [0.15, 0.2) is 11.5 Å². The van der Waals surface area contributed by atoms with Gasteiger partial charge in [-0.1, -0.05) is 0 Å². The first kappa shape index (κ1) is 8.23. The SMILES string of the molecule is COc1cc2c(cc1O)NCCC2. The van der Waals surface area contributed by atoms with E-state index < -0.39 is 0 Å². The number of aryl methyl sites for hydroxylation is 1. The zero-order valence-electron chi connectivity index (χ0n) is 7.63. The second kappa shape index (κ2) is 3.17. The minimum atomic E-state index is 0.204. The van der Waals surface area contributed by atoms with Gasteiger partial charge in [0, 0.05) is 18.3 Å². The largest absolute Gasteiger partial charge is 0.504 e. The number of fused-ring (bicyclic) bond motifs is 1. The zero-order chi connectivity index (χ0) is 9.26. The first-order valence-corrected chi connectivity index (χ1v) is 4.45. The molecule has 0 spiro atoms. The van der Waals surface area contributed by atoms with Crippen molar-refractivity contribution in [2.24, 2.45) is 0 Å². The lowest BCUT2D eigenvalue weighted by Gasteiger charge is -2.19. The summed E-state index contributed by atoms with van der Waals surface area (Å²) in [5.74, 6) is 0.762. The average molecular weight is 179 g/mol. The number of ether oxygens (including phenoxy) is 1. The molecule has 0 unspecified atom stereocenters. The molecule has 0 amide bonds. The van der Waals surface area contributed by atoms with Gasteiger partial charge in [0.05, 0.1) is 7.11 Å². The summed E-state index contributed by atoms with van der Waals surface area (Å²) in [6.45, 7) is 0.985. The van der Waals surface area contributed by atoms with Crippen molar-refractivity contribution in [1.82, 2.24) is 0 Å². The van der Waals surface area contributed by atoms with E-state index in [0.29, 0.717) is 5.75 Å². The molecule has 0 bridgehead atoms. The molecule has 0 fully saturated rings. The van der Waals surface area contributed by atoms with Crippen LogP contribution >= 0.6 is 0 Å². The summed E-state index contributed by atoms with van der Waals surface area (Å²) in [6.07, 6.45) is 2.19.